The number of sulfonamides is 1. The van der Waals surface area contributed by atoms with E-state index in [1.165, 1.54) is 12.1 Å². The van der Waals surface area contributed by atoms with E-state index < -0.39 is 10.0 Å². The summed E-state index contributed by atoms with van der Waals surface area (Å²) in [5.74, 6) is -0.172. The Morgan fingerprint density at radius 2 is 1.80 bits per heavy atom. The summed E-state index contributed by atoms with van der Waals surface area (Å²) < 4.78 is 28.9. The number of aromatic nitrogens is 1. The molecular formula is C20H16ClN3O3S3. The van der Waals surface area contributed by atoms with Crippen LogP contribution in [0.25, 0.3) is 10.2 Å². The van der Waals surface area contributed by atoms with Crippen molar-refractivity contribution in [3.63, 3.8) is 0 Å². The highest BCUT2D eigenvalue weighted by atomic mass is 35.5. The Bertz CT molecular complexity index is 1280. The fourth-order valence-corrected chi connectivity index (χ4v) is 6.37. The number of nitrogens with zero attached hydrogens (tertiary/aromatic N) is 2. The van der Waals surface area contributed by atoms with Crippen LogP contribution in [0.3, 0.4) is 0 Å². The summed E-state index contributed by atoms with van der Waals surface area (Å²) >= 11 is 8.35. The van der Waals surface area contributed by atoms with Crippen LogP contribution in [0.4, 0.5) is 5.69 Å². The molecule has 2 aromatic heterocycles. The first-order chi connectivity index (χ1) is 14.3. The molecule has 0 unspecified atom stereocenters. The highest BCUT2D eigenvalue weighted by Crippen LogP contribution is 2.27. The summed E-state index contributed by atoms with van der Waals surface area (Å²) in [4.78, 5) is 18.9. The number of hydrogen-bond acceptors (Lipinski definition) is 6. The third kappa shape index (κ3) is 4.49. The van der Waals surface area contributed by atoms with Crippen molar-refractivity contribution >= 4 is 66.1 Å². The van der Waals surface area contributed by atoms with E-state index in [2.05, 4.69) is 9.71 Å². The zero-order valence-corrected chi connectivity index (χ0v) is 18.9. The van der Waals surface area contributed by atoms with Gasteiger partial charge >= 0.3 is 0 Å². The van der Waals surface area contributed by atoms with Crippen molar-refractivity contribution in [2.75, 3.05) is 11.8 Å². The van der Waals surface area contributed by atoms with Gasteiger partial charge in [0.2, 0.25) is 0 Å². The van der Waals surface area contributed by atoms with Crippen LogP contribution >= 0.6 is 34.3 Å². The quantitative estimate of drug-likeness (QED) is 0.419. The maximum absolute atomic E-state index is 12.7. The second-order valence-electron chi connectivity index (χ2n) is 6.48. The number of fused-ring (bicyclic) bond motifs is 1. The maximum atomic E-state index is 12.7. The van der Waals surface area contributed by atoms with Crippen LogP contribution in [0.15, 0.2) is 64.9 Å². The molecule has 1 amide bonds. The molecule has 30 heavy (non-hydrogen) atoms. The van der Waals surface area contributed by atoms with Crippen LogP contribution in [0.2, 0.25) is 4.34 Å². The molecule has 6 nitrogen and oxygen atoms in total. The lowest BCUT2D eigenvalue weighted by Gasteiger charge is -2.16. The number of para-hydroxylation sites is 1. The summed E-state index contributed by atoms with van der Waals surface area (Å²) in [6.07, 6.45) is 0. The number of carbonyl (C=O) groups is 1. The molecule has 0 atom stereocenters. The number of anilines is 1. The van der Waals surface area contributed by atoms with E-state index in [1.807, 2.05) is 24.3 Å². The average Bonchev–Trinajstić information content (AvgIpc) is 3.33. The summed E-state index contributed by atoms with van der Waals surface area (Å²) in [6, 6.07) is 17.1. The number of thiophene rings is 1. The largest absolute Gasteiger partial charge is 0.335 e. The Morgan fingerprint density at radius 3 is 2.47 bits per heavy atom. The molecule has 0 aliphatic heterocycles. The van der Waals surface area contributed by atoms with Crippen molar-refractivity contribution in [1.29, 1.82) is 0 Å². The number of benzene rings is 2. The van der Waals surface area contributed by atoms with Gasteiger partial charge in [-0.3, -0.25) is 9.52 Å². The van der Waals surface area contributed by atoms with Gasteiger partial charge in [0.25, 0.3) is 15.9 Å². The Morgan fingerprint density at radius 1 is 1.07 bits per heavy atom. The van der Waals surface area contributed by atoms with Crippen LogP contribution in [0.5, 0.6) is 0 Å². The third-order valence-electron chi connectivity index (χ3n) is 4.25. The number of thiazole rings is 1. The van der Waals surface area contributed by atoms with Crippen LogP contribution in [-0.2, 0) is 16.6 Å². The lowest BCUT2D eigenvalue weighted by atomic mass is 10.2. The van der Waals surface area contributed by atoms with E-state index in [9.17, 15) is 13.2 Å². The Hall–Kier alpha value is -2.46. The number of nitrogens with one attached hydrogen (secondary N) is 1. The summed E-state index contributed by atoms with van der Waals surface area (Å²) in [5, 5.41) is 0.853. The fraction of sp³-hybridized carbons (Fsp3) is 0.100. The zero-order chi connectivity index (χ0) is 21.3. The smallest absolute Gasteiger partial charge is 0.271 e. The van der Waals surface area contributed by atoms with Gasteiger partial charge in [0.05, 0.1) is 21.1 Å². The second kappa shape index (κ2) is 8.35. The monoisotopic (exact) mass is 477 g/mol. The lowest BCUT2D eigenvalue weighted by Crippen LogP contribution is -2.26. The van der Waals surface area contributed by atoms with Crippen LogP contribution in [-0.4, -0.2) is 31.3 Å². The zero-order valence-electron chi connectivity index (χ0n) is 15.7. The van der Waals surface area contributed by atoms with Crippen molar-refractivity contribution in [1.82, 2.24) is 9.88 Å². The highest BCUT2D eigenvalue weighted by molar-refractivity contribution is 7.94. The highest BCUT2D eigenvalue weighted by Gasteiger charge is 2.18. The summed E-state index contributed by atoms with van der Waals surface area (Å²) in [6.45, 7) is 0.395. The van der Waals surface area contributed by atoms with Gasteiger partial charge in [0.1, 0.15) is 9.22 Å². The molecule has 0 radical (unpaired) electrons. The molecule has 0 fully saturated rings. The van der Waals surface area contributed by atoms with Gasteiger partial charge in [-0.25, -0.2) is 13.4 Å². The molecule has 2 aromatic carbocycles. The second-order valence-corrected chi connectivity index (χ2v) is 11.2. The molecule has 1 N–H and O–H groups in total. The van der Waals surface area contributed by atoms with Gasteiger partial charge < -0.3 is 4.90 Å². The summed E-state index contributed by atoms with van der Waals surface area (Å²) in [5.41, 5.74) is 1.74. The van der Waals surface area contributed by atoms with Crippen LogP contribution in [0.1, 0.15) is 15.4 Å². The van der Waals surface area contributed by atoms with Gasteiger partial charge in [-0.2, -0.15) is 0 Å². The van der Waals surface area contributed by atoms with Crippen LogP contribution in [0, 0.1) is 0 Å². The minimum absolute atomic E-state index is 0.128. The molecular weight excluding hydrogens is 462 g/mol. The topological polar surface area (TPSA) is 79.4 Å². The molecule has 0 aliphatic rings. The first-order valence-corrected chi connectivity index (χ1v) is 12.3. The SMILES string of the molecule is CN(Cc1nc2ccccc2s1)C(=O)c1ccc(NS(=O)(=O)c2ccc(Cl)s2)cc1. The Balaban J connectivity index is 1.44. The fourth-order valence-electron chi connectivity index (χ4n) is 2.81. The van der Waals surface area contributed by atoms with Crippen molar-refractivity contribution < 1.29 is 13.2 Å². The van der Waals surface area contributed by atoms with Crippen molar-refractivity contribution in [3.05, 3.63) is 75.6 Å². The number of halogens is 1. The molecule has 0 saturated heterocycles. The third-order valence-corrected chi connectivity index (χ3v) is 8.38. The Kier molecular flexibility index (Phi) is 5.79. The first kappa shape index (κ1) is 20.8. The van der Waals surface area contributed by atoms with E-state index >= 15 is 0 Å². The predicted molar refractivity (Wildman–Crippen MR) is 122 cm³/mol. The van der Waals surface area contributed by atoms with Gasteiger partial charge in [0.15, 0.2) is 0 Å². The molecule has 154 valence electrons. The maximum Gasteiger partial charge on any atom is 0.271 e. The van der Waals surface area contributed by atoms with E-state index in [0.29, 0.717) is 22.1 Å². The van der Waals surface area contributed by atoms with Crippen molar-refractivity contribution in [2.24, 2.45) is 0 Å². The first-order valence-electron chi connectivity index (χ1n) is 8.80. The normalized spacial score (nSPS) is 11.5. The number of carbonyl (C=O) groups excluding carboxylic acids is 1. The Labute approximate surface area is 186 Å². The molecule has 0 aliphatic carbocycles. The van der Waals surface area contributed by atoms with E-state index in [0.717, 1.165) is 26.6 Å². The minimum Gasteiger partial charge on any atom is -0.335 e. The van der Waals surface area contributed by atoms with Crippen LogP contribution < -0.4 is 4.72 Å². The van der Waals surface area contributed by atoms with Gasteiger partial charge in [-0.15, -0.1) is 22.7 Å². The number of amides is 1. The van der Waals surface area contributed by atoms with E-state index in [4.69, 9.17) is 11.6 Å². The van der Waals surface area contributed by atoms with Gasteiger partial charge in [0, 0.05) is 18.3 Å². The molecule has 0 bridgehead atoms. The standard InChI is InChI=1S/C20H16ClN3O3S3/c1-24(12-18-22-15-4-2-3-5-16(15)28-18)20(25)13-6-8-14(9-7-13)23-30(26,27)19-11-10-17(21)29-19/h2-11,23H,12H2,1H3. The number of rotatable bonds is 6. The predicted octanol–water partition coefficient (Wildman–Crippen LogP) is 5.08. The minimum atomic E-state index is -3.71. The molecule has 4 rings (SSSR count). The molecule has 0 saturated carbocycles. The molecule has 10 heteroatoms. The summed E-state index contributed by atoms with van der Waals surface area (Å²) in [7, 11) is -2.00. The molecule has 4 aromatic rings. The van der Waals surface area contributed by atoms with Crippen molar-refractivity contribution in [2.45, 2.75) is 10.8 Å². The molecule has 0 spiro atoms. The van der Waals surface area contributed by atoms with Crippen molar-refractivity contribution in [3.8, 4) is 0 Å². The van der Waals surface area contributed by atoms with Gasteiger partial charge in [-0.1, -0.05) is 23.7 Å². The molecule has 2 heterocycles. The number of hydrogen-bond donors (Lipinski definition) is 1. The lowest BCUT2D eigenvalue weighted by molar-refractivity contribution is 0.0785. The van der Waals surface area contributed by atoms with Gasteiger partial charge in [-0.05, 0) is 48.5 Å². The van der Waals surface area contributed by atoms with E-state index in [1.54, 1.807) is 47.5 Å². The average molecular weight is 478 g/mol. The van der Waals surface area contributed by atoms with E-state index in [-0.39, 0.29) is 10.1 Å².